The van der Waals surface area contributed by atoms with E-state index in [2.05, 4.69) is 15.3 Å². The lowest BCUT2D eigenvalue weighted by Crippen LogP contribution is -2.50. The number of hydrogen-bond acceptors (Lipinski definition) is 7. The number of aromatic hydroxyl groups is 3. The second-order valence-electron chi connectivity index (χ2n) is 5.32. The summed E-state index contributed by atoms with van der Waals surface area (Å²) in [5.41, 5.74) is 0.196. The van der Waals surface area contributed by atoms with E-state index < -0.39 is 17.2 Å². The number of nitrogens with zero attached hydrogens (tertiary/aromatic N) is 4. The Morgan fingerprint density at radius 2 is 1.58 bits per heavy atom. The number of carbonyl (C=O) groups is 1. The molecule has 2 heterocycles. The molecule has 9 nitrogen and oxygen atoms in total. The Morgan fingerprint density at radius 3 is 2.17 bits per heavy atom. The lowest BCUT2D eigenvalue weighted by Gasteiger charge is -2.34. The number of urea groups is 1. The molecule has 0 radical (unpaired) electrons. The van der Waals surface area contributed by atoms with Crippen LogP contribution in [0, 0.1) is 0 Å². The Labute approximate surface area is 137 Å². The SMILES string of the molecule is O=C(Nc1cc(O)c(O)c(O)c1)N1CCN(c2ncccn2)CC1. The zero-order valence-electron chi connectivity index (χ0n) is 12.8. The summed E-state index contributed by atoms with van der Waals surface area (Å²) in [5.74, 6) is -0.997. The van der Waals surface area contributed by atoms with Crippen molar-refractivity contribution in [2.24, 2.45) is 0 Å². The number of anilines is 2. The minimum atomic E-state index is -0.621. The van der Waals surface area contributed by atoms with E-state index in [1.54, 1.807) is 23.4 Å². The molecule has 0 bridgehead atoms. The quantitative estimate of drug-likeness (QED) is 0.477. The van der Waals surface area contributed by atoms with Gasteiger partial charge in [0, 0.05) is 50.7 Å². The van der Waals surface area contributed by atoms with E-state index in [0.717, 1.165) is 0 Å². The molecular weight excluding hydrogens is 314 g/mol. The van der Waals surface area contributed by atoms with E-state index in [0.29, 0.717) is 32.1 Å². The molecule has 4 N–H and O–H groups in total. The van der Waals surface area contributed by atoms with Crippen LogP contribution in [0.2, 0.25) is 0 Å². The van der Waals surface area contributed by atoms with Gasteiger partial charge in [-0.3, -0.25) is 0 Å². The Bertz CT molecular complexity index is 709. The van der Waals surface area contributed by atoms with Crippen LogP contribution < -0.4 is 10.2 Å². The summed E-state index contributed by atoms with van der Waals surface area (Å²) in [6.45, 7) is 2.17. The summed E-state index contributed by atoms with van der Waals surface area (Å²) < 4.78 is 0. The molecule has 1 aromatic carbocycles. The fourth-order valence-corrected chi connectivity index (χ4v) is 2.44. The number of phenols is 3. The lowest BCUT2D eigenvalue weighted by atomic mass is 10.2. The Morgan fingerprint density at radius 1 is 1.00 bits per heavy atom. The van der Waals surface area contributed by atoms with Gasteiger partial charge in [0.2, 0.25) is 5.95 Å². The van der Waals surface area contributed by atoms with Crippen LogP contribution in [-0.2, 0) is 0 Å². The van der Waals surface area contributed by atoms with Gasteiger partial charge in [0.1, 0.15) is 0 Å². The number of phenolic OH excluding ortho intramolecular Hbond substituents is 3. The predicted octanol–water partition coefficient (Wildman–Crippen LogP) is 0.947. The van der Waals surface area contributed by atoms with E-state index in [9.17, 15) is 20.1 Å². The standard InChI is InChI=1S/C15H17N5O4/c21-11-8-10(9-12(22)13(11)23)18-15(24)20-6-4-19(5-7-20)14-16-2-1-3-17-14/h1-3,8-9,21-23H,4-7H2,(H,18,24). The van der Waals surface area contributed by atoms with Crippen molar-refractivity contribution in [3.63, 3.8) is 0 Å². The second-order valence-corrected chi connectivity index (χ2v) is 5.32. The number of piperazine rings is 1. The number of hydrogen-bond donors (Lipinski definition) is 4. The van der Waals surface area contributed by atoms with E-state index in [1.807, 2.05) is 4.90 Å². The van der Waals surface area contributed by atoms with Gasteiger partial charge in [-0.25, -0.2) is 14.8 Å². The van der Waals surface area contributed by atoms with E-state index in [-0.39, 0.29) is 11.7 Å². The van der Waals surface area contributed by atoms with Crippen molar-refractivity contribution in [2.75, 3.05) is 36.4 Å². The largest absolute Gasteiger partial charge is 0.504 e. The molecule has 0 unspecified atom stereocenters. The summed E-state index contributed by atoms with van der Waals surface area (Å²) in [6, 6.07) is 3.73. The number of aromatic nitrogens is 2. The smallest absolute Gasteiger partial charge is 0.321 e. The highest BCUT2D eigenvalue weighted by Crippen LogP contribution is 2.37. The molecule has 9 heteroatoms. The molecule has 0 atom stereocenters. The minimum Gasteiger partial charge on any atom is -0.504 e. The van der Waals surface area contributed by atoms with Crippen LogP contribution in [0.1, 0.15) is 0 Å². The third kappa shape index (κ3) is 3.24. The summed E-state index contributed by atoms with van der Waals surface area (Å²) in [7, 11) is 0. The average molecular weight is 331 g/mol. The minimum absolute atomic E-state index is 0.196. The molecule has 1 aliphatic heterocycles. The first-order chi connectivity index (χ1) is 11.5. The Hall–Kier alpha value is -3.23. The van der Waals surface area contributed by atoms with Crippen LogP contribution in [0.3, 0.4) is 0 Å². The zero-order valence-corrected chi connectivity index (χ0v) is 12.8. The molecular formula is C15H17N5O4. The van der Waals surface area contributed by atoms with Crippen LogP contribution in [0.4, 0.5) is 16.4 Å². The maximum Gasteiger partial charge on any atom is 0.321 e. The molecule has 2 aromatic rings. The number of carbonyl (C=O) groups excluding carboxylic acids is 1. The van der Waals surface area contributed by atoms with Crippen molar-refractivity contribution >= 4 is 17.7 Å². The molecule has 1 saturated heterocycles. The molecule has 1 aromatic heterocycles. The normalized spacial score (nSPS) is 14.5. The zero-order chi connectivity index (χ0) is 17.1. The molecule has 0 saturated carbocycles. The van der Waals surface area contributed by atoms with Gasteiger partial charge >= 0.3 is 6.03 Å². The van der Waals surface area contributed by atoms with Gasteiger partial charge in [-0.1, -0.05) is 0 Å². The van der Waals surface area contributed by atoms with Gasteiger partial charge in [-0.05, 0) is 6.07 Å². The molecule has 2 amide bonds. The van der Waals surface area contributed by atoms with E-state index in [4.69, 9.17) is 0 Å². The molecule has 126 valence electrons. The Kier molecular flexibility index (Phi) is 4.23. The topological polar surface area (TPSA) is 122 Å². The number of amides is 2. The summed E-state index contributed by atoms with van der Waals surface area (Å²) in [4.78, 5) is 24.2. The molecule has 0 aliphatic carbocycles. The predicted molar refractivity (Wildman–Crippen MR) is 86.3 cm³/mol. The van der Waals surface area contributed by atoms with Crippen molar-refractivity contribution in [3.05, 3.63) is 30.6 Å². The first kappa shape index (κ1) is 15.7. The highest BCUT2D eigenvalue weighted by molar-refractivity contribution is 5.90. The van der Waals surface area contributed by atoms with Crippen molar-refractivity contribution in [1.82, 2.24) is 14.9 Å². The average Bonchev–Trinajstić information content (AvgIpc) is 2.60. The highest BCUT2D eigenvalue weighted by atomic mass is 16.3. The highest BCUT2D eigenvalue weighted by Gasteiger charge is 2.23. The Balaban J connectivity index is 1.59. The van der Waals surface area contributed by atoms with Crippen LogP contribution in [0.25, 0.3) is 0 Å². The van der Waals surface area contributed by atoms with Crippen LogP contribution in [0.15, 0.2) is 30.6 Å². The number of rotatable bonds is 2. The van der Waals surface area contributed by atoms with Crippen molar-refractivity contribution < 1.29 is 20.1 Å². The maximum atomic E-state index is 12.3. The summed E-state index contributed by atoms with van der Waals surface area (Å²) >= 11 is 0. The second kappa shape index (κ2) is 6.49. The third-order valence-electron chi connectivity index (χ3n) is 3.72. The van der Waals surface area contributed by atoms with E-state index in [1.165, 1.54) is 12.1 Å². The summed E-state index contributed by atoms with van der Waals surface area (Å²) in [5, 5.41) is 30.8. The monoisotopic (exact) mass is 331 g/mol. The van der Waals surface area contributed by atoms with Gasteiger partial charge < -0.3 is 30.4 Å². The first-order valence-corrected chi connectivity index (χ1v) is 7.37. The van der Waals surface area contributed by atoms with Crippen LogP contribution >= 0.6 is 0 Å². The van der Waals surface area contributed by atoms with Crippen molar-refractivity contribution in [3.8, 4) is 17.2 Å². The van der Waals surface area contributed by atoms with Crippen LogP contribution in [-0.4, -0.2) is 62.4 Å². The molecule has 3 rings (SSSR count). The third-order valence-corrected chi connectivity index (χ3v) is 3.72. The van der Waals surface area contributed by atoms with Gasteiger partial charge in [0.05, 0.1) is 5.69 Å². The van der Waals surface area contributed by atoms with E-state index >= 15 is 0 Å². The molecule has 0 spiro atoms. The number of benzene rings is 1. The molecule has 1 aliphatic rings. The van der Waals surface area contributed by atoms with Crippen molar-refractivity contribution in [1.29, 1.82) is 0 Å². The van der Waals surface area contributed by atoms with Gasteiger partial charge in [0.25, 0.3) is 0 Å². The molecule has 24 heavy (non-hydrogen) atoms. The van der Waals surface area contributed by atoms with Crippen molar-refractivity contribution in [2.45, 2.75) is 0 Å². The van der Waals surface area contributed by atoms with Gasteiger partial charge in [-0.15, -0.1) is 0 Å². The van der Waals surface area contributed by atoms with Crippen LogP contribution in [0.5, 0.6) is 17.2 Å². The lowest BCUT2D eigenvalue weighted by molar-refractivity contribution is 0.208. The summed E-state index contributed by atoms with van der Waals surface area (Å²) in [6.07, 6.45) is 3.34. The fraction of sp³-hybridized carbons (Fsp3) is 0.267. The molecule has 1 fully saturated rings. The van der Waals surface area contributed by atoms with Gasteiger partial charge in [0.15, 0.2) is 17.2 Å². The first-order valence-electron chi connectivity index (χ1n) is 7.37. The fourth-order valence-electron chi connectivity index (χ4n) is 2.44. The number of nitrogens with one attached hydrogen (secondary N) is 1. The maximum absolute atomic E-state index is 12.3. The van der Waals surface area contributed by atoms with Gasteiger partial charge in [-0.2, -0.15) is 0 Å².